The first-order valence-corrected chi connectivity index (χ1v) is 7.90. The van der Waals surface area contributed by atoms with Crippen LogP contribution in [0.4, 0.5) is 17.6 Å². The fraction of sp³-hybridized carbons (Fsp3) is 0.533. The Balaban J connectivity index is 2.16. The first-order chi connectivity index (χ1) is 11.7. The molecule has 1 aromatic carbocycles. The molecule has 10 heteroatoms. The zero-order chi connectivity index (χ0) is 18.6. The number of hydrogen-bond acceptors (Lipinski definition) is 5. The van der Waals surface area contributed by atoms with Gasteiger partial charge in [0.15, 0.2) is 6.23 Å². The summed E-state index contributed by atoms with van der Waals surface area (Å²) in [5, 5.41) is 2.98. The van der Waals surface area contributed by atoms with Gasteiger partial charge in [-0.15, -0.1) is 0 Å². The summed E-state index contributed by atoms with van der Waals surface area (Å²) in [6.45, 7) is 3.41. The van der Waals surface area contributed by atoms with Crippen LogP contribution in [0.25, 0.3) is 0 Å². The standard InChI is InChI=1S/C15H17ClF4N2O3/c1-9(24-14(23)15(18,19)20)13(22-6-4-21-5-7-22)25-10-2-3-11(16)12(17)8-10/h2-3,8-9,13,21H,4-7H2,1H3. The maximum Gasteiger partial charge on any atom is 0.490 e. The number of alkyl halides is 3. The van der Waals surface area contributed by atoms with E-state index >= 15 is 0 Å². The molecule has 0 spiro atoms. The SMILES string of the molecule is CC(OC(=O)C(F)(F)F)C(Oc1ccc(Cl)c(F)c1)N1CCNCC1. The number of nitrogens with zero attached hydrogens (tertiary/aromatic N) is 1. The van der Waals surface area contributed by atoms with Crippen LogP contribution in [0, 0.1) is 5.82 Å². The quantitative estimate of drug-likeness (QED) is 0.624. The van der Waals surface area contributed by atoms with Crippen LogP contribution in [0.15, 0.2) is 18.2 Å². The minimum atomic E-state index is -5.10. The molecule has 0 saturated carbocycles. The third kappa shape index (κ3) is 5.45. The molecular formula is C15H17ClF4N2O3. The number of carbonyl (C=O) groups excluding carboxylic acids is 1. The number of esters is 1. The van der Waals surface area contributed by atoms with E-state index in [1.165, 1.54) is 19.1 Å². The Bertz CT molecular complexity index is 609. The summed E-state index contributed by atoms with van der Waals surface area (Å²) in [6, 6.07) is 3.68. The van der Waals surface area contributed by atoms with Gasteiger partial charge < -0.3 is 14.8 Å². The van der Waals surface area contributed by atoms with Crippen molar-refractivity contribution >= 4 is 17.6 Å². The summed E-state index contributed by atoms with van der Waals surface area (Å²) in [5.74, 6) is -2.95. The van der Waals surface area contributed by atoms with E-state index < -0.39 is 30.3 Å². The van der Waals surface area contributed by atoms with Gasteiger partial charge in [-0.3, -0.25) is 4.90 Å². The van der Waals surface area contributed by atoms with E-state index in [1.807, 2.05) is 0 Å². The monoisotopic (exact) mass is 384 g/mol. The Hall–Kier alpha value is -1.58. The second-order valence-corrected chi connectivity index (χ2v) is 5.89. The topological polar surface area (TPSA) is 50.8 Å². The van der Waals surface area contributed by atoms with Crippen molar-refractivity contribution in [2.24, 2.45) is 0 Å². The highest BCUT2D eigenvalue weighted by molar-refractivity contribution is 6.30. The fourth-order valence-electron chi connectivity index (χ4n) is 2.39. The van der Waals surface area contributed by atoms with E-state index in [4.69, 9.17) is 16.3 Å². The summed E-state index contributed by atoms with van der Waals surface area (Å²) in [4.78, 5) is 12.8. The van der Waals surface area contributed by atoms with Crippen LogP contribution >= 0.6 is 11.6 Å². The average molecular weight is 385 g/mol. The maximum atomic E-state index is 13.6. The Morgan fingerprint density at radius 3 is 2.52 bits per heavy atom. The maximum absolute atomic E-state index is 13.6. The number of benzene rings is 1. The molecule has 2 unspecified atom stereocenters. The molecule has 0 bridgehead atoms. The molecule has 2 rings (SSSR count). The molecule has 5 nitrogen and oxygen atoms in total. The molecule has 1 fully saturated rings. The summed E-state index contributed by atoms with van der Waals surface area (Å²) < 4.78 is 61.0. The Labute approximate surface area is 146 Å². The van der Waals surface area contributed by atoms with Gasteiger partial charge in [0.25, 0.3) is 0 Å². The van der Waals surface area contributed by atoms with E-state index in [1.54, 1.807) is 4.90 Å². The van der Waals surface area contributed by atoms with E-state index in [2.05, 4.69) is 10.1 Å². The molecule has 1 aliphatic rings. The van der Waals surface area contributed by atoms with Crippen molar-refractivity contribution in [3.05, 3.63) is 29.0 Å². The molecule has 2 atom stereocenters. The molecule has 0 amide bonds. The number of halogens is 5. The second-order valence-electron chi connectivity index (χ2n) is 5.48. The number of ether oxygens (including phenoxy) is 2. The summed E-state index contributed by atoms with van der Waals surface area (Å²) in [7, 11) is 0. The minimum Gasteiger partial charge on any atom is -0.471 e. The van der Waals surface area contributed by atoms with Crippen LogP contribution < -0.4 is 10.1 Å². The molecule has 1 aromatic rings. The number of piperazine rings is 1. The molecule has 0 aliphatic carbocycles. The first-order valence-electron chi connectivity index (χ1n) is 7.53. The molecule has 1 N–H and O–H groups in total. The third-order valence-electron chi connectivity index (χ3n) is 3.59. The van der Waals surface area contributed by atoms with Crippen LogP contribution in [0.1, 0.15) is 6.92 Å². The van der Waals surface area contributed by atoms with Crippen molar-refractivity contribution in [3.63, 3.8) is 0 Å². The molecule has 1 saturated heterocycles. The minimum absolute atomic E-state index is 0.0698. The van der Waals surface area contributed by atoms with Gasteiger partial charge in [0.05, 0.1) is 5.02 Å². The highest BCUT2D eigenvalue weighted by Gasteiger charge is 2.43. The van der Waals surface area contributed by atoms with Crippen LogP contribution in [0.2, 0.25) is 5.02 Å². The zero-order valence-electron chi connectivity index (χ0n) is 13.3. The highest BCUT2D eigenvalue weighted by Crippen LogP contribution is 2.25. The summed E-state index contributed by atoms with van der Waals surface area (Å²) >= 11 is 5.60. The number of hydrogen-bond donors (Lipinski definition) is 1. The van der Waals surface area contributed by atoms with Gasteiger partial charge in [-0.25, -0.2) is 9.18 Å². The van der Waals surface area contributed by atoms with Crippen molar-refractivity contribution < 1.29 is 31.8 Å². The molecule has 0 radical (unpaired) electrons. The normalized spacial score (nSPS) is 18.5. The molecule has 1 heterocycles. The Morgan fingerprint density at radius 1 is 1.32 bits per heavy atom. The fourth-order valence-corrected chi connectivity index (χ4v) is 2.50. The third-order valence-corrected chi connectivity index (χ3v) is 3.89. The van der Waals surface area contributed by atoms with Gasteiger partial charge in [0.2, 0.25) is 0 Å². The second kappa shape index (κ2) is 8.20. The van der Waals surface area contributed by atoms with Crippen LogP contribution in [0.3, 0.4) is 0 Å². The van der Waals surface area contributed by atoms with Crippen molar-refractivity contribution in [2.75, 3.05) is 26.2 Å². The number of rotatable bonds is 5. The van der Waals surface area contributed by atoms with Crippen LogP contribution in [-0.4, -0.2) is 55.6 Å². The van der Waals surface area contributed by atoms with E-state index in [9.17, 15) is 22.4 Å². The van der Waals surface area contributed by atoms with E-state index in [-0.39, 0.29) is 10.8 Å². The molecule has 0 aromatic heterocycles. The van der Waals surface area contributed by atoms with Gasteiger partial charge in [-0.1, -0.05) is 11.6 Å². The van der Waals surface area contributed by atoms with Crippen molar-refractivity contribution in [3.8, 4) is 5.75 Å². The van der Waals surface area contributed by atoms with Crippen molar-refractivity contribution in [1.82, 2.24) is 10.2 Å². The largest absolute Gasteiger partial charge is 0.490 e. The van der Waals surface area contributed by atoms with Crippen molar-refractivity contribution in [1.29, 1.82) is 0 Å². The predicted molar refractivity (Wildman–Crippen MR) is 81.9 cm³/mol. The molecule has 140 valence electrons. The zero-order valence-corrected chi connectivity index (χ0v) is 14.0. The van der Waals surface area contributed by atoms with Gasteiger partial charge in [-0.2, -0.15) is 13.2 Å². The summed E-state index contributed by atoms with van der Waals surface area (Å²) in [6.07, 6.45) is -7.34. The van der Waals surface area contributed by atoms with Gasteiger partial charge in [0, 0.05) is 32.2 Å². The van der Waals surface area contributed by atoms with E-state index in [0.29, 0.717) is 26.2 Å². The van der Waals surface area contributed by atoms with Crippen molar-refractivity contribution in [2.45, 2.75) is 25.4 Å². The predicted octanol–water partition coefficient (Wildman–Crippen LogP) is 2.58. The van der Waals surface area contributed by atoms with Crippen LogP contribution in [-0.2, 0) is 9.53 Å². The number of nitrogens with one attached hydrogen (secondary N) is 1. The first kappa shape index (κ1) is 19.7. The van der Waals surface area contributed by atoms with Gasteiger partial charge in [0.1, 0.15) is 17.7 Å². The lowest BCUT2D eigenvalue weighted by molar-refractivity contribution is -0.211. The molecular weight excluding hydrogens is 368 g/mol. The van der Waals surface area contributed by atoms with Gasteiger partial charge in [-0.05, 0) is 19.1 Å². The molecule has 25 heavy (non-hydrogen) atoms. The van der Waals surface area contributed by atoms with Crippen LogP contribution in [0.5, 0.6) is 5.75 Å². The lowest BCUT2D eigenvalue weighted by atomic mass is 10.2. The Kier molecular flexibility index (Phi) is 6.47. The Morgan fingerprint density at radius 2 is 1.96 bits per heavy atom. The van der Waals surface area contributed by atoms with E-state index in [0.717, 1.165) is 6.07 Å². The smallest absolute Gasteiger partial charge is 0.471 e. The molecule has 1 aliphatic heterocycles. The lowest BCUT2D eigenvalue weighted by Crippen LogP contribution is -2.55. The highest BCUT2D eigenvalue weighted by atomic mass is 35.5. The number of carbonyl (C=O) groups is 1. The average Bonchev–Trinajstić information content (AvgIpc) is 2.55. The summed E-state index contributed by atoms with van der Waals surface area (Å²) in [5.41, 5.74) is 0. The lowest BCUT2D eigenvalue weighted by Gasteiger charge is -2.37. The van der Waals surface area contributed by atoms with Gasteiger partial charge >= 0.3 is 12.1 Å².